The van der Waals surface area contributed by atoms with Crippen LogP contribution in [0.4, 0.5) is 0 Å². The Labute approximate surface area is 134 Å². The molecule has 0 aromatic heterocycles. The van der Waals surface area contributed by atoms with Gasteiger partial charge in [0.25, 0.3) is 0 Å². The maximum Gasteiger partial charge on any atom is 0.0783 e. The smallest absolute Gasteiger partial charge is 0.0783 e. The van der Waals surface area contributed by atoms with Gasteiger partial charge in [0.15, 0.2) is 0 Å². The quantitative estimate of drug-likeness (QED) is 0.855. The molecule has 4 fully saturated rings. The number of thioether (sulfide) groups is 1. The van der Waals surface area contributed by atoms with Gasteiger partial charge >= 0.3 is 0 Å². The molecule has 2 bridgehead atoms. The predicted octanol–water partition coefficient (Wildman–Crippen LogP) is 3.70. The second-order valence-electron chi connectivity index (χ2n) is 8.01. The van der Waals surface area contributed by atoms with Gasteiger partial charge in [0.05, 0.1) is 5.60 Å². The SMILES string of the molecule is CCNC(C1CCOC2(CCSC2)C1)C1CC2CCC1C2. The summed E-state index contributed by atoms with van der Waals surface area (Å²) in [6, 6.07) is 0.775. The maximum absolute atomic E-state index is 6.26. The third-order valence-corrected chi connectivity index (χ3v) is 8.02. The van der Waals surface area contributed by atoms with Crippen molar-refractivity contribution in [3.8, 4) is 0 Å². The Balaban J connectivity index is 1.48. The Bertz CT molecular complexity index is 368. The van der Waals surface area contributed by atoms with Gasteiger partial charge in [0, 0.05) is 18.4 Å². The number of nitrogens with one attached hydrogen (secondary N) is 1. The van der Waals surface area contributed by atoms with Crippen LogP contribution >= 0.6 is 11.8 Å². The predicted molar refractivity (Wildman–Crippen MR) is 89.8 cm³/mol. The first-order chi connectivity index (χ1) is 10.3. The van der Waals surface area contributed by atoms with E-state index in [1.165, 1.54) is 56.5 Å². The fourth-order valence-electron chi connectivity index (χ4n) is 5.87. The minimum Gasteiger partial charge on any atom is -0.374 e. The van der Waals surface area contributed by atoms with Crippen LogP contribution in [-0.2, 0) is 4.74 Å². The maximum atomic E-state index is 6.26. The molecule has 2 aliphatic heterocycles. The van der Waals surface area contributed by atoms with Gasteiger partial charge in [-0.25, -0.2) is 0 Å². The fraction of sp³-hybridized carbons (Fsp3) is 1.00. The van der Waals surface area contributed by atoms with Crippen LogP contribution in [0.15, 0.2) is 0 Å². The molecule has 6 atom stereocenters. The molecule has 6 unspecified atom stereocenters. The summed E-state index contributed by atoms with van der Waals surface area (Å²) in [5, 5.41) is 3.92. The van der Waals surface area contributed by atoms with Gasteiger partial charge in [-0.15, -0.1) is 0 Å². The van der Waals surface area contributed by atoms with Crippen molar-refractivity contribution in [2.75, 3.05) is 24.7 Å². The molecule has 0 aromatic carbocycles. The third kappa shape index (κ3) is 2.79. The topological polar surface area (TPSA) is 21.3 Å². The monoisotopic (exact) mass is 309 g/mol. The van der Waals surface area contributed by atoms with E-state index < -0.39 is 0 Å². The zero-order valence-corrected chi connectivity index (χ0v) is 14.3. The molecule has 3 heteroatoms. The Kier molecular flexibility index (Phi) is 4.27. The Morgan fingerprint density at radius 3 is 2.90 bits per heavy atom. The number of ether oxygens (including phenoxy) is 1. The molecule has 2 saturated heterocycles. The van der Waals surface area contributed by atoms with E-state index in [1.54, 1.807) is 0 Å². The van der Waals surface area contributed by atoms with E-state index in [9.17, 15) is 0 Å². The Morgan fingerprint density at radius 1 is 1.29 bits per heavy atom. The molecular formula is C18H31NOS. The van der Waals surface area contributed by atoms with Crippen molar-refractivity contribution < 1.29 is 4.74 Å². The molecule has 4 aliphatic rings. The van der Waals surface area contributed by atoms with E-state index in [4.69, 9.17) is 4.74 Å². The van der Waals surface area contributed by atoms with Crippen LogP contribution in [0.5, 0.6) is 0 Å². The number of hydrogen-bond acceptors (Lipinski definition) is 3. The molecule has 1 N–H and O–H groups in total. The van der Waals surface area contributed by atoms with Crippen molar-refractivity contribution in [1.29, 1.82) is 0 Å². The normalized spacial score (nSPS) is 47.3. The van der Waals surface area contributed by atoms with Crippen molar-refractivity contribution >= 4 is 11.8 Å². The third-order valence-electron chi connectivity index (χ3n) is 6.80. The number of fused-ring (bicyclic) bond motifs is 2. The van der Waals surface area contributed by atoms with Gasteiger partial charge in [-0.2, -0.15) is 11.8 Å². The first kappa shape index (κ1) is 14.8. The van der Waals surface area contributed by atoms with Crippen molar-refractivity contribution in [1.82, 2.24) is 5.32 Å². The van der Waals surface area contributed by atoms with Crippen LogP contribution in [0.2, 0.25) is 0 Å². The van der Waals surface area contributed by atoms with Gasteiger partial charge in [0.2, 0.25) is 0 Å². The van der Waals surface area contributed by atoms with E-state index in [2.05, 4.69) is 24.0 Å². The first-order valence-electron chi connectivity index (χ1n) is 9.25. The van der Waals surface area contributed by atoms with E-state index in [1.807, 2.05) is 0 Å². The van der Waals surface area contributed by atoms with E-state index in [0.29, 0.717) is 0 Å². The van der Waals surface area contributed by atoms with Gasteiger partial charge in [-0.3, -0.25) is 0 Å². The zero-order chi connectivity index (χ0) is 14.3. The molecule has 120 valence electrons. The lowest BCUT2D eigenvalue weighted by molar-refractivity contribution is -0.0898. The summed E-state index contributed by atoms with van der Waals surface area (Å²) in [6.45, 7) is 4.44. The molecule has 2 nitrogen and oxygen atoms in total. The molecule has 2 saturated carbocycles. The molecule has 0 aromatic rings. The van der Waals surface area contributed by atoms with E-state index >= 15 is 0 Å². The largest absolute Gasteiger partial charge is 0.374 e. The summed E-state index contributed by atoms with van der Waals surface area (Å²) in [5.74, 6) is 6.50. The highest BCUT2D eigenvalue weighted by Crippen LogP contribution is 2.52. The standard InChI is InChI=1S/C18H31NOS/c1-2-19-17(16-10-13-3-4-14(16)9-13)15-5-7-20-18(11-15)6-8-21-12-18/h13-17,19H,2-12H2,1H3. The van der Waals surface area contributed by atoms with Crippen LogP contribution in [0, 0.1) is 23.7 Å². The second-order valence-corrected chi connectivity index (χ2v) is 9.11. The zero-order valence-electron chi connectivity index (χ0n) is 13.5. The van der Waals surface area contributed by atoms with Gasteiger partial charge in [-0.05, 0) is 74.5 Å². The second kappa shape index (κ2) is 6.05. The Hall–Kier alpha value is 0.270. The van der Waals surface area contributed by atoms with Gasteiger partial charge in [-0.1, -0.05) is 13.3 Å². The molecule has 0 amide bonds. The van der Waals surface area contributed by atoms with Crippen molar-refractivity contribution in [2.45, 2.75) is 63.5 Å². The highest BCUT2D eigenvalue weighted by Gasteiger charge is 2.48. The van der Waals surface area contributed by atoms with Crippen molar-refractivity contribution in [3.05, 3.63) is 0 Å². The Morgan fingerprint density at radius 2 is 2.24 bits per heavy atom. The number of rotatable bonds is 4. The van der Waals surface area contributed by atoms with Crippen LogP contribution < -0.4 is 5.32 Å². The summed E-state index contributed by atoms with van der Waals surface area (Å²) in [6.07, 6.45) is 10.0. The molecule has 4 rings (SSSR count). The lowest BCUT2D eigenvalue weighted by Gasteiger charge is -2.44. The summed E-state index contributed by atoms with van der Waals surface area (Å²) >= 11 is 2.11. The summed E-state index contributed by atoms with van der Waals surface area (Å²) in [4.78, 5) is 0. The fourth-order valence-corrected chi connectivity index (χ4v) is 7.25. The average Bonchev–Trinajstić information content (AvgIpc) is 3.22. The van der Waals surface area contributed by atoms with Crippen LogP contribution in [-0.4, -0.2) is 36.3 Å². The van der Waals surface area contributed by atoms with Crippen LogP contribution in [0.25, 0.3) is 0 Å². The summed E-state index contributed by atoms with van der Waals surface area (Å²) in [5.41, 5.74) is 0.249. The lowest BCUT2D eigenvalue weighted by Crippen LogP contribution is -2.50. The minimum atomic E-state index is 0.249. The summed E-state index contributed by atoms with van der Waals surface area (Å²) < 4.78 is 6.26. The van der Waals surface area contributed by atoms with Gasteiger partial charge < -0.3 is 10.1 Å². The highest BCUT2D eigenvalue weighted by atomic mass is 32.2. The van der Waals surface area contributed by atoms with Crippen LogP contribution in [0.1, 0.15) is 51.9 Å². The van der Waals surface area contributed by atoms with Crippen LogP contribution in [0.3, 0.4) is 0 Å². The first-order valence-corrected chi connectivity index (χ1v) is 10.4. The summed E-state index contributed by atoms with van der Waals surface area (Å²) in [7, 11) is 0. The average molecular weight is 310 g/mol. The van der Waals surface area contributed by atoms with Crippen molar-refractivity contribution in [3.63, 3.8) is 0 Å². The number of hydrogen-bond donors (Lipinski definition) is 1. The molecular weight excluding hydrogens is 278 g/mol. The lowest BCUT2D eigenvalue weighted by atomic mass is 9.72. The molecule has 2 heterocycles. The molecule has 21 heavy (non-hydrogen) atoms. The molecule has 1 spiro atoms. The highest BCUT2D eigenvalue weighted by molar-refractivity contribution is 7.99. The molecule has 2 aliphatic carbocycles. The minimum absolute atomic E-state index is 0.249. The van der Waals surface area contributed by atoms with E-state index in [-0.39, 0.29) is 5.60 Å². The van der Waals surface area contributed by atoms with Crippen molar-refractivity contribution in [2.24, 2.45) is 23.7 Å². The van der Waals surface area contributed by atoms with Gasteiger partial charge in [0.1, 0.15) is 0 Å². The van der Waals surface area contributed by atoms with E-state index in [0.717, 1.165) is 42.9 Å². The molecule has 0 radical (unpaired) electrons.